The second kappa shape index (κ2) is 7.52. The van der Waals surface area contributed by atoms with Gasteiger partial charge in [0.2, 0.25) is 0 Å². The molecule has 3 nitrogen and oxygen atoms in total. The van der Waals surface area contributed by atoms with Gasteiger partial charge in [0.1, 0.15) is 13.9 Å². The average molecular weight is 377 g/mol. The first kappa shape index (κ1) is 19.4. The Balaban J connectivity index is 2.13. The highest BCUT2D eigenvalue weighted by Gasteiger charge is 2.16. The lowest BCUT2D eigenvalue weighted by atomic mass is 10.1. The lowest BCUT2D eigenvalue weighted by Crippen LogP contribution is -2.16. The van der Waals surface area contributed by atoms with Crippen molar-refractivity contribution in [3.8, 4) is 11.5 Å². The number of benzene rings is 2. The summed E-state index contributed by atoms with van der Waals surface area (Å²) in [5.74, 6) is 2.44. The number of halogens is 1. The van der Waals surface area contributed by atoms with E-state index in [1.165, 1.54) is 24.3 Å². The molecule has 0 bridgehead atoms. The fourth-order valence-electron chi connectivity index (χ4n) is 1.92. The van der Waals surface area contributed by atoms with Gasteiger partial charge in [-0.15, -0.1) is 5.54 Å². The van der Waals surface area contributed by atoms with Crippen molar-refractivity contribution in [2.45, 2.75) is 38.1 Å². The molecular weight excluding hydrogens is 355 g/mol. The normalized spacial score (nSPS) is 11.7. The molecule has 25 heavy (non-hydrogen) atoms. The van der Waals surface area contributed by atoms with E-state index in [2.05, 4.69) is 31.1 Å². The first-order chi connectivity index (χ1) is 11.6. The van der Waals surface area contributed by atoms with Crippen molar-refractivity contribution in [2.75, 3.05) is 0 Å². The Kier molecular flexibility index (Phi) is 5.83. The highest BCUT2D eigenvalue weighted by Crippen LogP contribution is 2.17. The molecule has 0 N–H and O–H groups in total. The quantitative estimate of drug-likeness (QED) is 0.455. The van der Waals surface area contributed by atoms with Crippen LogP contribution < -0.4 is 0 Å². The molecule has 2 aromatic rings. The number of hydrogen-bond donors (Lipinski definition) is 0. The van der Waals surface area contributed by atoms with Crippen LogP contribution in [0.25, 0.3) is 0 Å². The van der Waals surface area contributed by atoms with E-state index in [9.17, 15) is 12.8 Å². The SMILES string of the molecule is Cc1ccc(S(=O)(=O)OCc2ccc(C#C[Si](C)(C)C)cc2F)cc1. The molecule has 0 atom stereocenters. The largest absolute Gasteiger partial charge is 0.297 e. The van der Waals surface area contributed by atoms with Gasteiger partial charge in [0.05, 0.1) is 11.5 Å². The van der Waals surface area contributed by atoms with Crippen molar-refractivity contribution >= 4 is 18.2 Å². The molecule has 132 valence electrons. The zero-order valence-electron chi connectivity index (χ0n) is 14.8. The van der Waals surface area contributed by atoms with Gasteiger partial charge in [-0.1, -0.05) is 49.3 Å². The molecule has 2 aromatic carbocycles. The second-order valence-electron chi connectivity index (χ2n) is 6.84. The van der Waals surface area contributed by atoms with Crippen LogP contribution in [0, 0.1) is 24.2 Å². The van der Waals surface area contributed by atoms with E-state index in [0.29, 0.717) is 5.56 Å². The van der Waals surface area contributed by atoms with Crippen LogP contribution in [0.1, 0.15) is 16.7 Å². The molecule has 0 spiro atoms. The molecule has 0 amide bonds. The van der Waals surface area contributed by atoms with Crippen LogP contribution in [0.5, 0.6) is 0 Å². The monoisotopic (exact) mass is 376 g/mol. The van der Waals surface area contributed by atoms with Crippen molar-refractivity contribution in [1.82, 2.24) is 0 Å². The van der Waals surface area contributed by atoms with Crippen molar-refractivity contribution in [1.29, 1.82) is 0 Å². The summed E-state index contributed by atoms with van der Waals surface area (Å²) >= 11 is 0. The maximum atomic E-state index is 14.2. The molecule has 2 rings (SSSR count). The van der Waals surface area contributed by atoms with Crippen LogP contribution in [0.15, 0.2) is 47.4 Å². The lowest BCUT2D eigenvalue weighted by Gasteiger charge is -2.07. The topological polar surface area (TPSA) is 43.4 Å². The summed E-state index contributed by atoms with van der Waals surface area (Å²) in [6, 6.07) is 10.8. The van der Waals surface area contributed by atoms with E-state index in [1.54, 1.807) is 18.2 Å². The van der Waals surface area contributed by atoms with Crippen molar-refractivity contribution < 1.29 is 17.0 Å². The Labute approximate surface area is 150 Å². The van der Waals surface area contributed by atoms with Gasteiger partial charge in [-0.25, -0.2) is 4.39 Å². The van der Waals surface area contributed by atoms with Gasteiger partial charge in [0.15, 0.2) is 0 Å². The summed E-state index contributed by atoms with van der Waals surface area (Å²) in [5, 5.41) is 0. The molecule has 0 heterocycles. The molecule has 0 aromatic heterocycles. The van der Waals surface area contributed by atoms with Crippen molar-refractivity contribution in [3.05, 3.63) is 65.0 Å². The summed E-state index contributed by atoms with van der Waals surface area (Å²) in [6.07, 6.45) is 0. The summed E-state index contributed by atoms with van der Waals surface area (Å²) in [7, 11) is -5.46. The van der Waals surface area contributed by atoms with Crippen LogP contribution in [0.4, 0.5) is 4.39 Å². The minimum Gasteiger partial charge on any atom is -0.261 e. The van der Waals surface area contributed by atoms with Gasteiger partial charge in [-0.3, -0.25) is 4.18 Å². The summed E-state index contributed by atoms with van der Waals surface area (Å²) in [6.45, 7) is 7.82. The van der Waals surface area contributed by atoms with Crippen LogP contribution in [0.3, 0.4) is 0 Å². The zero-order chi connectivity index (χ0) is 18.7. The predicted octanol–water partition coefficient (Wildman–Crippen LogP) is 4.27. The molecule has 0 saturated heterocycles. The Morgan fingerprint density at radius 3 is 2.28 bits per heavy atom. The first-order valence-corrected chi connectivity index (χ1v) is 12.8. The van der Waals surface area contributed by atoms with Gasteiger partial charge in [0.25, 0.3) is 10.1 Å². The maximum absolute atomic E-state index is 14.2. The van der Waals surface area contributed by atoms with E-state index >= 15 is 0 Å². The van der Waals surface area contributed by atoms with E-state index in [4.69, 9.17) is 4.18 Å². The van der Waals surface area contributed by atoms with Crippen LogP contribution >= 0.6 is 0 Å². The lowest BCUT2D eigenvalue weighted by molar-refractivity contribution is 0.302. The molecule has 0 saturated carbocycles. The minimum absolute atomic E-state index is 0.0520. The van der Waals surface area contributed by atoms with E-state index in [-0.39, 0.29) is 17.1 Å². The fraction of sp³-hybridized carbons (Fsp3) is 0.263. The molecule has 6 heteroatoms. The Bertz CT molecular complexity index is 918. The Morgan fingerprint density at radius 1 is 1.08 bits per heavy atom. The zero-order valence-corrected chi connectivity index (χ0v) is 16.6. The van der Waals surface area contributed by atoms with Gasteiger partial charge < -0.3 is 0 Å². The summed E-state index contributed by atoms with van der Waals surface area (Å²) < 4.78 is 43.4. The van der Waals surface area contributed by atoms with E-state index < -0.39 is 24.0 Å². The van der Waals surface area contributed by atoms with Crippen molar-refractivity contribution in [3.63, 3.8) is 0 Å². The predicted molar refractivity (Wildman–Crippen MR) is 99.8 cm³/mol. The van der Waals surface area contributed by atoms with E-state index in [1.807, 2.05) is 6.92 Å². The van der Waals surface area contributed by atoms with Gasteiger partial charge in [0, 0.05) is 11.1 Å². The standard InChI is InChI=1S/C19H21FO3SSi/c1-15-5-9-18(10-6-15)24(21,22)23-14-17-8-7-16(13-19(17)20)11-12-25(2,3)4/h5-10,13H,14H2,1-4H3. The third-order valence-corrected chi connectivity index (χ3v) is 5.47. The average Bonchev–Trinajstić information content (AvgIpc) is 2.52. The molecule has 0 aliphatic heterocycles. The maximum Gasteiger partial charge on any atom is 0.297 e. The van der Waals surface area contributed by atoms with Gasteiger partial charge >= 0.3 is 0 Å². The molecule has 0 aliphatic carbocycles. The summed E-state index contributed by atoms with van der Waals surface area (Å²) in [5.41, 5.74) is 4.86. The molecule has 0 unspecified atom stereocenters. The molecular formula is C19H21FO3SSi. The number of rotatable bonds is 4. The van der Waals surface area contributed by atoms with Crippen LogP contribution in [-0.2, 0) is 20.9 Å². The van der Waals surface area contributed by atoms with Gasteiger partial charge in [-0.2, -0.15) is 8.42 Å². The van der Waals surface area contributed by atoms with Gasteiger partial charge in [-0.05, 0) is 31.2 Å². The number of aryl methyl sites for hydroxylation is 1. The van der Waals surface area contributed by atoms with Crippen molar-refractivity contribution in [2.24, 2.45) is 0 Å². The van der Waals surface area contributed by atoms with E-state index in [0.717, 1.165) is 5.56 Å². The third-order valence-electron chi connectivity index (χ3n) is 3.31. The van der Waals surface area contributed by atoms with Crippen LogP contribution in [-0.4, -0.2) is 16.5 Å². The molecule has 0 radical (unpaired) electrons. The molecule has 0 aliphatic rings. The minimum atomic E-state index is -3.92. The summed E-state index contributed by atoms with van der Waals surface area (Å²) in [4.78, 5) is 0.0520. The fourth-order valence-corrected chi connectivity index (χ4v) is 3.32. The third kappa shape index (κ3) is 5.82. The molecule has 0 fully saturated rings. The second-order valence-corrected chi connectivity index (χ2v) is 13.2. The highest BCUT2D eigenvalue weighted by molar-refractivity contribution is 7.86. The smallest absolute Gasteiger partial charge is 0.261 e. The Morgan fingerprint density at radius 2 is 1.72 bits per heavy atom. The highest BCUT2D eigenvalue weighted by atomic mass is 32.2. The number of hydrogen-bond acceptors (Lipinski definition) is 3. The van der Waals surface area contributed by atoms with Crippen LogP contribution in [0.2, 0.25) is 19.6 Å². The first-order valence-electron chi connectivity index (χ1n) is 7.84. The Hall–Kier alpha value is -1.94.